The van der Waals surface area contributed by atoms with Crippen molar-refractivity contribution in [3.8, 4) is 0 Å². The molecule has 2 aromatic carbocycles. The average molecular weight is 428 g/mol. The number of piperazine rings is 1. The predicted molar refractivity (Wildman–Crippen MR) is 99.2 cm³/mol. The van der Waals surface area contributed by atoms with Gasteiger partial charge in [-0.2, -0.15) is 4.31 Å². The molecule has 1 saturated heterocycles. The van der Waals surface area contributed by atoms with Crippen molar-refractivity contribution < 1.29 is 22.5 Å². The van der Waals surface area contributed by atoms with E-state index in [0.717, 1.165) is 18.2 Å². The fourth-order valence-electron chi connectivity index (χ4n) is 2.85. The van der Waals surface area contributed by atoms with Gasteiger partial charge in [0.15, 0.2) is 0 Å². The second kappa shape index (κ2) is 7.82. The van der Waals surface area contributed by atoms with Gasteiger partial charge in [-0.05, 0) is 30.3 Å². The topological polar surface area (TPSA) is 101 Å². The second-order valence-corrected chi connectivity index (χ2v) is 8.45. The maximum absolute atomic E-state index is 13.9. The van der Waals surface area contributed by atoms with Gasteiger partial charge in [0, 0.05) is 43.3 Å². The zero-order chi connectivity index (χ0) is 20.5. The third kappa shape index (κ3) is 3.98. The lowest BCUT2D eigenvalue weighted by Gasteiger charge is -2.34. The Morgan fingerprint density at radius 1 is 1.07 bits per heavy atom. The first-order valence-corrected chi connectivity index (χ1v) is 10.0. The van der Waals surface area contributed by atoms with E-state index in [2.05, 4.69) is 0 Å². The van der Waals surface area contributed by atoms with Crippen LogP contribution in [0.1, 0.15) is 10.4 Å². The van der Waals surface area contributed by atoms with E-state index in [1.807, 2.05) is 0 Å². The quantitative estimate of drug-likeness (QED) is 0.551. The molecule has 8 nitrogen and oxygen atoms in total. The Morgan fingerprint density at radius 3 is 2.25 bits per heavy atom. The first-order valence-electron chi connectivity index (χ1n) is 8.19. The number of benzene rings is 2. The van der Waals surface area contributed by atoms with E-state index in [9.17, 15) is 27.7 Å². The summed E-state index contributed by atoms with van der Waals surface area (Å²) in [7, 11) is -3.86. The molecule has 0 spiro atoms. The molecule has 28 heavy (non-hydrogen) atoms. The van der Waals surface area contributed by atoms with Crippen LogP contribution >= 0.6 is 11.6 Å². The maximum atomic E-state index is 13.9. The van der Waals surface area contributed by atoms with Gasteiger partial charge in [-0.3, -0.25) is 14.9 Å². The van der Waals surface area contributed by atoms with E-state index in [4.69, 9.17) is 11.6 Å². The Bertz CT molecular complexity index is 1020. The lowest BCUT2D eigenvalue weighted by Crippen LogP contribution is -2.50. The van der Waals surface area contributed by atoms with E-state index in [-0.39, 0.29) is 47.3 Å². The fraction of sp³-hybridized carbons (Fsp3) is 0.235. The molecule has 1 aliphatic heterocycles. The van der Waals surface area contributed by atoms with Crippen molar-refractivity contribution in [1.29, 1.82) is 0 Å². The highest BCUT2D eigenvalue weighted by atomic mass is 35.5. The van der Waals surface area contributed by atoms with Gasteiger partial charge in [0.2, 0.25) is 10.0 Å². The molecule has 0 bridgehead atoms. The molecule has 1 amide bonds. The number of carbonyl (C=O) groups excluding carboxylic acids is 1. The molecule has 11 heteroatoms. The highest BCUT2D eigenvalue weighted by Gasteiger charge is 2.31. The van der Waals surface area contributed by atoms with Crippen LogP contribution in [-0.4, -0.2) is 54.6 Å². The van der Waals surface area contributed by atoms with Crippen LogP contribution < -0.4 is 0 Å². The Balaban J connectivity index is 1.71. The SMILES string of the molecule is O=C(c1cc(Cl)ccc1F)N1CCN(S(=O)(=O)c2ccc([N+](=O)[O-])cc2)CC1. The number of hydrogen-bond donors (Lipinski definition) is 0. The lowest BCUT2D eigenvalue weighted by molar-refractivity contribution is -0.384. The zero-order valence-corrected chi connectivity index (χ0v) is 16.0. The molecule has 3 rings (SSSR count). The molecule has 0 aromatic heterocycles. The normalized spacial score (nSPS) is 15.4. The summed E-state index contributed by atoms with van der Waals surface area (Å²) in [5.74, 6) is -1.26. The van der Waals surface area contributed by atoms with Crippen molar-refractivity contribution >= 4 is 33.2 Å². The average Bonchev–Trinajstić information content (AvgIpc) is 2.69. The standard InChI is InChI=1S/C17H15ClFN3O5S/c18-12-1-6-16(19)15(11-12)17(23)20-7-9-21(10-8-20)28(26,27)14-4-2-13(3-5-14)22(24)25/h1-6,11H,7-10H2. The highest BCUT2D eigenvalue weighted by Crippen LogP contribution is 2.22. The Morgan fingerprint density at radius 2 is 1.68 bits per heavy atom. The maximum Gasteiger partial charge on any atom is 0.269 e. The number of hydrogen-bond acceptors (Lipinski definition) is 5. The van der Waals surface area contributed by atoms with E-state index < -0.39 is 26.7 Å². The molecule has 0 N–H and O–H groups in total. The third-order valence-electron chi connectivity index (χ3n) is 4.37. The van der Waals surface area contributed by atoms with Gasteiger partial charge in [-0.25, -0.2) is 12.8 Å². The molecule has 0 radical (unpaired) electrons. The number of sulfonamides is 1. The fourth-order valence-corrected chi connectivity index (χ4v) is 4.45. The largest absolute Gasteiger partial charge is 0.336 e. The van der Waals surface area contributed by atoms with Gasteiger partial charge < -0.3 is 4.90 Å². The molecule has 0 saturated carbocycles. The van der Waals surface area contributed by atoms with Gasteiger partial charge in [0.25, 0.3) is 11.6 Å². The number of nitro groups is 1. The van der Waals surface area contributed by atoms with Gasteiger partial charge in [-0.1, -0.05) is 11.6 Å². The number of nitrogens with zero attached hydrogens (tertiary/aromatic N) is 3. The van der Waals surface area contributed by atoms with Crippen molar-refractivity contribution in [2.75, 3.05) is 26.2 Å². The van der Waals surface area contributed by atoms with Crippen LogP contribution in [0.25, 0.3) is 0 Å². The van der Waals surface area contributed by atoms with Crippen LogP contribution in [0, 0.1) is 15.9 Å². The third-order valence-corrected chi connectivity index (χ3v) is 6.52. The number of carbonyl (C=O) groups is 1. The Kier molecular flexibility index (Phi) is 5.64. The van der Waals surface area contributed by atoms with E-state index in [1.165, 1.54) is 33.5 Å². The summed E-state index contributed by atoms with van der Waals surface area (Å²) in [5, 5.41) is 10.9. The van der Waals surface area contributed by atoms with Crippen LogP contribution in [0.15, 0.2) is 47.4 Å². The Labute approximate surface area is 165 Å². The van der Waals surface area contributed by atoms with Crippen molar-refractivity contribution in [3.63, 3.8) is 0 Å². The molecule has 1 fully saturated rings. The van der Waals surface area contributed by atoms with Gasteiger partial charge in [0.05, 0.1) is 15.4 Å². The summed E-state index contributed by atoms with van der Waals surface area (Å²) in [4.78, 5) is 23.9. The summed E-state index contributed by atoms with van der Waals surface area (Å²) >= 11 is 5.81. The molecular weight excluding hydrogens is 413 g/mol. The molecule has 0 aliphatic carbocycles. The number of amides is 1. The van der Waals surface area contributed by atoms with Crippen molar-refractivity contribution in [2.24, 2.45) is 0 Å². The Hall–Kier alpha value is -2.56. The monoisotopic (exact) mass is 427 g/mol. The van der Waals surface area contributed by atoms with E-state index >= 15 is 0 Å². The minimum absolute atomic E-state index is 0.0211. The van der Waals surface area contributed by atoms with Crippen LogP contribution in [0.4, 0.5) is 10.1 Å². The molecule has 0 atom stereocenters. The van der Waals surface area contributed by atoms with Crippen molar-refractivity contribution in [1.82, 2.24) is 9.21 Å². The van der Waals surface area contributed by atoms with E-state index in [0.29, 0.717) is 0 Å². The minimum atomic E-state index is -3.86. The van der Waals surface area contributed by atoms with Gasteiger partial charge >= 0.3 is 0 Å². The van der Waals surface area contributed by atoms with Crippen LogP contribution in [0.2, 0.25) is 5.02 Å². The van der Waals surface area contributed by atoms with Crippen LogP contribution in [-0.2, 0) is 10.0 Å². The minimum Gasteiger partial charge on any atom is -0.336 e. The van der Waals surface area contributed by atoms with Crippen molar-refractivity contribution in [2.45, 2.75) is 4.90 Å². The first-order chi connectivity index (χ1) is 13.2. The zero-order valence-electron chi connectivity index (χ0n) is 14.4. The molecule has 2 aromatic rings. The molecule has 148 valence electrons. The molecular formula is C17H15ClFN3O5S. The molecule has 0 unspecified atom stereocenters. The summed E-state index contributed by atoms with van der Waals surface area (Å²) in [6, 6.07) is 8.26. The summed E-state index contributed by atoms with van der Waals surface area (Å²) in [6.45, 7) is 0.203. The number of non-ortho nitro benzene ring substituents is 1. The summed E-state index contributed by atoms with van der Waals surface area (Å²) in [5.41, 5.74) is -0.378. The van der Waals surface area contributed by atoms with Gasteiger partial charge in [0.1, 0.15) is 5.82 Å². The molecule has 1 heterocycles. The number of nitro benzene ring substituents is 1. The van der Waals surface area contributed by atoms with Crippen molar-refractivity contribution in [3.05, 3.63) is 69.0 Å². The highest BCUT2D eigenvalue weighted by molar-refractivity contribution is 7.89. The second-order valence-electron chi connectivity index (χ2n) is 6.07. The first kappa shape index (κ1) is 20.2. The predicted octanol–water partition coefficient (Wildman–Crippen LogP) is 2.53. The smallest absolute Gasteiger partial charge is 0.269 e. The van der Waals surface area contributed by atoms with Gasteiger partial charge in [-0.15, -0.1) is 0 Å². The summed E-state index contributed by atoms with van der Waals surface area (Å²) in [6.07, 6.45) is 0. The van der Waals surface area contributed by atoms with Crippen LogP contribution in [0.3, 0.4) is 0 Å². The number of rotatable bonds is 4. The lowest BCUT2D eigenvalue weighted by atomic mass is 10.1. The number of halogens is 2. The van der Waals surface area contributed by atoms with Crippen LogP contribution in [0.5, 0.6) is 0 Å². The molecule has 1 aliphatic rings. The van der Waals surface area contributed by atoms with E-state index in [1.54, 1.807) is 0 Å². The summed E-state index contributed by atoms with van der Waals surface area (Å²) < 4.78 is 40.5.